The van der Waals surface area contributed by atoms with Crippen molar-refractivity contribution in [3.8, 4) is 0 Å². The fourth-order valence-electron chi connectivity index (χ4n) is 2.24. The van der Waals surface area contributed by atoms with Gasteiger partial charge < -0.3 is 0 Å². The zero-order valence-corrected chi connectivity index (χ0v) is 15.5. The van der Waals surface area contributed by atoms with Crippen LogP contribution in [0.5, 0.6) is 0 Å². The largest absolute Gasteiger partial charge is 0.475 e. The molecule has 0 unspecified atom stereocenters. The smallest absolute Gasteiger partial charge is 0.287 e. The van der Waals surface area contributed by atoms with Crippen LogP contribution in [0.2, 0.25) is 0 Å². The van der Waals surface area contributed by atoms with Gasteiger partial charge in [-0.3, -0.25) is 13.6 Å². The summed E-state index contributed by atoms with van der Waals surface area (Å²) in [5.74, 6) is 0. The lowest BCUT2D eigenvalue weighted by Crippen LogP contribution is -2.03. The number of rotatable bonds is 11. The van der Waals surface area contributed by atoms with Gasteiger partial charge in [-0.15, -0.1) is 0 Å². The molecule has 0 fully saturated rings. The number of unbranched alkanes of at least 4 members (excludes halogenated alkanes) is 2. The molecule has 2 aromatic carbocycles. The molecule has 0 aliphatic carbocycles. The summed E-state index contributed by atoms with van der Waals surface area (Å²) in [4.78, 5) is 0. The fourth-order valence-corrected chi connectivity index (χ4v) is 3.47. The van der Waals surface area contributed by atoms with Crippen LogP contribution >= 0.6 is 7.82 Å². The molecule has 132 valence electrons. The van der Waals surface area contributed by atoms with E-state index in [0.717, 1.165) is 36.6 Å². The van der Waals surface area contributed by atoms with Crippen molar-refractivity contribution in [1.82, 2.24) is 0 Å². The maximum Gasteiger partial charge on any atom is 0.475 e. The normalized spacial score (nSPS) is 11.9. The second-order valence-corrected chi connectivity index (χ2v) is 7.44. The molecule has 0 heterocycles. The van der Waals surface area contributed by atoms with Crippen molar-refractivity contribution in [3.63, 3.8) is 0 Å². The molecule has 5 heteroatoms. The number of phosphoric ester groups is 1. The quantitative estimate of drug-likeness (QED) is 0.363. The summed E-state index contributed by atoms with van der Waals surface area (Å²) in [7, 11) is -3.50. The van der Waals surface area contributed by atoms with Gasteiger partial charge >= 0.3 is 7.82 Å². The van der Waals surface area contributed by atoms with Crippen LogP contribution in [-0.2, 0) is 24.7 Å². The lowest BCUT2D eigenvalue weighted by Gasteiger charge is -2.18. The minimum atomic E-state index is -3.50. The summed E-state index contributed by atoms with van der Waals surface area (Å²) in [5.41, 5.74) is 0.951. The first-order valence-electron chi connectivity index (χ1n) is 8.68. The Balaban J connectivity index is 1.99. The topological polar surface area (TPSA) is 44.8 Å². The average molecular weight is 350 g/mol. The van der Waals surface area contributed by atoms with Crippen molar-refractivity contribution in [3.05, 3.63) is 48.0 Å². The van der Waals surface area contributed by atoms with E-state index in [-0.39, 0.29) is 6.61 Å². The maximum absolute atomic E-state index is 12.7. The van der Waals surface area contributed by atoms with Crippen molar-refractivity contribution < 1.29 is 18.1 Å². The number of hydrogen-bond acceptors (Lipinski definition) is 4. The molecule has 0 aliphatic heterocycles. The molecule has 0 aliphatic rings. The summed E-state index contributed by atoms with van der Waals surface area (Å²) in [6.45, 7) is 5.10. The highest BCUT2D eigenvalue weighted by atomic mass is 31.2. The van der Waals surface area contributed by atoms with Gasteiger partial charge in [0.05, 0.1) is 19.8 Å². The summed E-state index contributed by atoms with van der Waals surface area (Å²) < 4.78 is 29.2. The van der Waals surface area contributed by atoms with Crippen LogP contribution in [0.25, 0.3) is 10.8 Å². The van der Waals surface area contributed by atoms with Crippen molar-refractivity contribution in [2.45, 2.75) is 46.1 Å². The highest BCUT2D eigenvalue weighted by Crippen LogP contribution is 2.50. The third kappa shape index (κ3) is 6.03. The van der Waals surface area contributed by atoms with Gasteiger partial charge in [-0.25, -0.2) is 4.57 Å². The van der Waals surface area contributed by atoms with E-state index < -0.39 is 7.82 Å². The Morgan fingerprint density at radius 2 is 1.46 bits per heavy atom. The average Bonchev–Trinajstić information content (AvgIpc) is 2.60. The Hall–Kier alpha value is -1.19. The zero-order valence-electron chi connectivity index (χ0n) is 14.6. The Morgan fingerprint density at radius 1 is 0.833 bits per heavy atom. The van der Waals surface area contributed by atoms with Crippen molar-refractivity contribution in [2.24, 2.45) is 0 Å². The zero-order chi connectivity index (χ0) is 17.3. The SMILES string of the molecule is CCCCOP(=O)(OCCCC)OCc1ccc2ccccc2c1. The second kappa shape index (κ2) is 9.95. The van der Waals surface area contributed by atoms with Crippen LogP contribution in [0.1, 0.15) is 45.1 Å². The Labute approximate surface area is 144 Å². The maximum atomic E-state index is 12.7. The molecular weight excluding hydrogens is 323 g/mol. The third-order valence-corrected chi connectivity index (χ3v) is 5.14. The van der Waals surface area contributed by atoms with Gasteiger partial charge in [0.25, 0.3) is 0 Å². The van der Waals surface area contributed by atoms with E-state index in [1.54, 1.807) is 0 Å². The van der Waals surface area contributed by atoms with Crippen LogP contribution in [0, 0.1) is 0 Å². The Bertz CT molecular complexity index is 657. The van der Waals surface area contributed by atoms with Gasteiger partial charge in [-0.1, -0.05) is 63.1 Å². The van der Waals surface area contributed by atoms with E-state index in [0.29, 0.717) is 13.2 Å². The van der Waals surface area contributed by atoms with Gasteiger partial charge in [-0.2, -0.15) is 0 Å². The van der Waals surface area contributed by atoms with Crippen molar-refractivity contribution in [2.75, 3.05) is 13.2 Å². The predicted octanol–water partition coefficient (Wildman–Crippen LogP) is 6.10. The molecule has 0 radical (unpaired) electrons. The van der Waals surface area contributed by atoms with E-state index in [1.807, 2.05) is 36.4 Å². The molecule has 0 amide bonds. The molecule has 0 spiro atoms. The van der Waals surface area contributed by atoms with E-state index in [2.05, 4.69) is 19.9 Å². The minimum Gasteiger partial charge on any atom is -0.287 e. The first kappa shape index (κ1) is 19.1. The number of fused-ring (bicyclic) bond motifs is 1. The molecule has 2 rings (SSSR count). The van der Waals surface area contributed by atoms with Crippen LogP contribution in [-0.4, -0.2) is 13.2 Å². The lowest BCUT2D eigenvalue weighted by atomic mass is 10.1. The van der Waals surface area contributed by atoms with Crippen LogP contribution in [0.15, 0.2) is 42.5 Å². The molecule has 24 heavy (non-hydrogen) atoms. The van der Waals surface area contributed by atoms with Crippen molar-refractivity contribution in [1.29, 1.82) is 0 Å². The first-order valence-corrected chi connectivity index (χ1v) is 10.1. The van der Waals surface area contributed by atoms with Gasteiger partial charge in [-0.05, 0) is 35.2 Å². The van der Waals surface area contributed by atoms with Gasteiger partial charge in [0, 0.05) is 0 Å². The monoisotopic (exact) mass is 350 g/mol. The van der Waals surface area contributed by atoms with E-state index in [1.165, 1.54) is 5.39 Å². The second-order valence-electron chi connectivity index (χ2n) is 5.78. The molecule has 0 saturated carbocycles. The number of phosphoric acid groups is 1. The molecule has 0 bridgehead atoms. The standard InChI is InChI=1S/C19H27O4P/c1-3-5-13-21-24(20,22-14-6-4-2)23-16-17-11-12-18-9-7-8-10-19(18)15-17/h7-12,15H,3-6,13-14,16H2,1-2H3. The lowest BCUT2D eigenvalue weighted by molar-refractivity contribution is 0.106. The van der Waals surface area contributed by atoms with Gasteiger partial charge in [0.15, 0.2) is 0 Å². The van der Waals surface area contributed by atoms with E-state index >= 15 is 0 Å². The highest BCUT2D eigenvalue weighted by molar-refractivity contribution is 7.48. The summed E-state index contributed by atoms with van der Waals surface area (Å²) in [5, 5.41) is 2.30. The molecule has 4 nitrogen and oxygen atoms in total. The van der Waals surface area contributed by atoms with Crippen LogP contribution in [0.3, 0.4) is 0 Å². The first-order chi connectivity index (χ1) is 11.7. The molecular formula is C19H27O4P. The summed E-state index contributed by atoms with van der Waals surface area (Å²) >= 11 is 0. The fraction of sp³-hybridized carbons (Fsp3) is 0.474. The molecule has 0 saturated heterocycles. The molecule has 0 N–H and O–H groups in total. The van der Waals surface area contributed by atoms with Crippen LogP contribution in [0.4, 0.5) is 0 Å². The summed E-state index contributed by atoms with van der Waals surface area (Å²) in [6.07, 6.45) is 3.61. The predicted molar refractivity (Wildman–Crippen MR) is 98.1 cm³/mol. The van der Waals surface area contributed by atoms with Gasteiger partial charge in [0.1, 0.15) is 0 Å². The molecule has 2 aromatic rings. The molecule has 0 atom stereocenters. The Kier molecular flexibility index (Phi) is 7.93. The third-order valence-electron chi connectivity index (χ3n) is 3.70. The van der Waals surface area contributed by atoms with Crippen LogP contribution < -0.4 is 0 Å². The Morgan fingerprint density at radius 3 is 2.08 bits per heavy atom. The van der Waals surface area contributed by atoms with Crippen molar-refractivity contribution >= 4 is 18.6 Å². The summed E-state index contributed by atoms with van der Waals surface area (Å²) in [6, 6.07) is 14.2. The number of benzene rings is 2. The number of hydrogen-bond donors (Lipinski definition) is 0. The minimum absolute atomic E-state index is 0.209. The van der Waals surface area contributed by atoms with E-state index in [9.17, 15) is 4.57 Å². The van der Waals surface area contributed by atoms with Gasteiger partial charge in [0.2, 0.25) is 0 Å². The van der Waals surface area contributed by atoms with E-state index in [4.69, 9.17) is 13.6 Å². The molecule has 0 aromatic heterocycles. The highest BCUT2D eigenvalue weighted by Gasteiger charge is 2.26.